The summed E-state index contributed by atoms with van der Waals surface area (Å²) in [6.45, 7) is -0.0298. The first-order valence-electron chi connectivity index (χ1n) is 10.7. The number of hydrogen-bond donors (Lipinski definition) is 1. The smallest absolute Gasteiger partial charge is 0.350 e. The number of carbonyl (C=O) groups excluding carboxylic acids is 1. The van der Waals surface area contributed by atoms with E-state index in [4.69, 9.17) is 0 Å². The molecule has 1 heterocycles. The zero-order valence-electron chi connectivity index (χ0n) is 18.1. The van der Waals surface area contributed by atoms with Crippen LogP contribution in [-0.4, -0.2) is 22.0 Å². The van der Waals surface area contributed by atoms with Crippen LogP contribution in [0.1, 0.15) is 38.7 Å². The van der Waals surface area contributed by atoms with Crippen molar-refractivity contribution in [3.8, 4) is 0 Å². The molecule has 1 unspecified atom stereocenters. The molecular weight excluding hydrogens is 439 g/mol. The van der Waals surface area contributed by atoms with Crippen molar-refractivity contribution < 1.29 is 18.0 Å². The van der Waals surface area contributed by atoms with Crippen LogP contribution in [0, 0.1) is 0 Å². The summed E-state index contributed by atoms with van der Waals surface area (Å²) in [4.78, 5) is 16.7. The van der Waals surface area contributed by atoms with Gasteiger partial charge in [-0.1, -0.05) is 72.8 Å². The lowest BCUT2D eigenvalue weighted by atomic mass is 9.99. The maximum absolute atomic E-state index is 13.6. The van der Waals surface area contributed by atoms with Crippen molar-refractivity contribution in [2.45, 2.75) is 12.2 Å². The number of carbonyl (C=O) groups is 1. The van der Waals surface area contributed by atoms with Crippen LogP contribution in [0.3, 0.4) is 0 Å². The van der Waals surface area contributed by atoms with E-state index in [1.54, 1.807) is 29.0 Å². The maximum Gasteiger partial charge on any atom is 0.416 e. The van der Waals surface area contributed by atoms with E-state index in [1.165, 1.54) is 24.7 Å². The summed E-state index contributed by atoms with van der Waals surface area (Å²) in [7, 11) is 0. The minimum atomic E-state index is -4.51. The molecule has 0 aliphatic rings. The highest BCUT2D eigenvalue weighted by atomic mass is 19.4. The minimum Gasteiger partial charge on any atom is -0.350 e. The van der Waals surface area contributed by atoms with Crippen molar-refractivity contribution in [3.05, 3.63) is 125 Å². The predicted octanol–water partition coefficient (Wildman–Crippen LogP) is 6.09. The van der Waals surface area contributed by atoms with Crippen LogP contribution in [0.2, 0.25) is 0 Å². The molecular formula is C27H22F3N3O. The molecule has 1 amide bonds. The summed E-state index contributed by atoms with van der Waals surface area (Å²) in [5, 5.41) is 2.77. The zero-order valence-corrected chi connectivity index (χ0v) is 18.1. The number of hydrogen-bond acceptors (Lipinski definition) is 2. The normalized spacial score (nSPS) is 12.6. The molecule has 1 aromatic heterocycles. The van der Waals surface area contributed by atoms with Gasteiger partial charge >= 0.3 is 6.18 Å². The summed E-state index contributed by atoms with van der Waals surface area (Å²) in [5.41, 5.74) is 1.74. The second-order valence-corrected chi connectivity index (χ2v) is 7.69. The Morgan fingerprint density at radius 2 is 1.56 bits per heavy atom. The van der Waals surface area contributed by atoms with Gasteiger partial charge in [0.15, 0.2) is 0 Å². The van der Waals surface area contributed by atoms with Crippen LogP contribution in [-0.2, 0) is 6.18 Å². The van der Waals surface area contributed by atoms with Crippen molar-refractivity contribution in [2.75, 3.05) is 6.54 Å². The first-order chi connectivity index (χ1) is 16.4. The molecule has 0 aliphatic carbocycles. The summed E-state index contributed by atoms with van der Waals surface area (Å²) < 4.78 is 42.4. The van der Waals surface area contributed by atoms with Gasteiger partial charge in [-0.2, -0.15) is 13.2 Å². The van der Waals surface area contributed by atoms with Gasteiger partial charge in [-0.25, -0.2) is 4.98 Å². The summed E-state index contributed by atoms with van der Waals surface area (Å²) in [5.74, 6) is -0.367. The number of halogens is 3. The van der Waals surface area contributed by atoms with Gasteiger partial charge in [0.2, 0.25) is 0 Å². The molecule has 4 aromatic rings. The quantitative estimate of drug-likeness (QED) is 0.339. The molecule has 172 valence electrons. The number of nitrogens with zero attached hydrogens (tertiary/aromatic N) is 2. The average molecular weight is 461 g/mol. The average Bonchev–Trinajstić information content (AvgIpc) is 3.38. The van der Waals surface area contributed by atoms with Gasteiger partial charge in [0.25, 0.3) is 5.91 Å². The molecule has 34 heavy (non-hydrogen) atoms. The van der Waals surface area contributed by atoms with E-state index in [0.717, 1.165) is 17.2 Å². The third-order valence-electron chi connectivity index (χ3n) is 5.41. The third-order valence-corrected chi connectivity index (χ3v) is 5.41. The van der Waals surface area contributed by atoms with Gasteiger partial charge in [-0.15, -0.1) is 0 Å². The zero-order chi connectivity index (χ0) is 24.0. The van der Waals surface area contributed by atoms with Crippen molar-refractivity contribution in [1.29, 1.82) is 0 Å². The molecule has 0 spiro atoms. The molecule has 0 radical (unpaired) electrons. The Labute approximate surface area is 195 Å². The highest BCUT2D eigenvalue weighted by Crippen LogP contribution is 2.35. The van der Waals surface area contributed by atoms with Gasteiger partial charge < -0.3 is 9.88 Å². The van der Waals surface area contributed by atoms with Crippen LogP contribution in [0.25, 0.3) is 12.2 Å². The SMILES string of the molecule is O=C(NCC(c1ccccc1C(F)(F)F)n1ccnc1)c1ccc(/C=C/c2ccccc2)cc1. The lowest BCUT2D eigenvalue weighted by molar-refractivity contribution is -0.138. The molecule has 4 nitrogen and oxygen atoms in total. The number of benzene rings is 3. The molecule has 3 aromatic carbocycles. The van der Waals surface area contributed by atoms with E-state index in [-0.39, 0.29) is 18.0 Å². The largest absolute Gasteiger partial charge is 0.416 e. The highest BCUT2D eigenvalue weighted by Gasteiger charge is 2.35. The highest BCUT2D eigenvalue weighted by molar-refractivity contribution is 5.94. The van der Waals surface area contributed by atoms with Gasteiger partial charge in [0.1, 0.15) is 0 Å². The second-order valence-electron chi connectivity index (χ2n) is 7.69. The molecule has 0 bridgehead atoms. The van der Waals surface area contributed by atoms with Gasteiger partial charge in [-0.05, 0) is 34.9 Å². The molecule has 1 N–H and O–H groups in total. The van der Waals surface area contributed by atoms with E-state index >= 15 is 0 Å². The Bertz CT molecular complexity index is 1250. The topological polar surface area (TPSA) is 46.9 Å². The Balaban J connectivity index is 1.48. The summed E-state index contributed by atoms with van der Waals surface area (Å²) in [6, 6.07) is 21.5. The number of alkyl halides is 3. The fourth-order valence-electron chi connectivity index (χ4n) is 3.67. The molecule has 0 fully saturated rings. The van der Waals surface area contributed by atoms with Crippen LogP contribution >= 0.6 is 0 Å². The Kier molecular flexibility index (Phi) is 6.92. The van der Waals surface area contributed by atoms with E-state index < -0.39 is 17.8 Å². The van der Waals surface area contributed by atoms with Crippen LogP contribution < -0.4 is 5.32 Å². The van der Waals surface area contributed by atoms with E-state index in [1.807, 2.05) is 54.6 Å². The van der Waals surface area contributed by atoms with Gasteiger partial charge in [0.05, 0.1) is 17.9 Å². The van der Waals surface area contributed by atoms with Gasteiger partial charge in [-0.3, -0.25) is 4.79 Å². The van der Waals surface area contributed by atoms with E-state index in [2.05, 4.69) is 10.3 Å². The fraction of sp³-hybridized carbons (Fsp3) is 0.111. The maximum atomic E-state index is 13.6. The second kappa shape index (κ2) is 10.2. The number of rotatable bonds is 7. The lowest BCUT2D eigenvalue weighted by Gasteiger charge is -2.23. The van der Waals surface area contributed by atoms with Crippen LogP contribution in [0.5, 0.6) is 0 Å². The van der Waals surface area contributed by atoms with Crippen LogP contribution in [0.15, 0.2) is 97.6 Å². The molecule has 1 atom stereocenters. The number of nitrogens with one attached hydrogen (secondary N) is 1. The third kappa shape index (κ3) is 5.61. The fourth-order valence-corrected chi connectivity index (χ4v) is 3.67. The Morgan fingerprint density at radius 1 is 0.912 bits per heavy atom. The Hall–Kier alpha value is -4.13. The molecule has 0 saturated heterocycles. The van der Waals surface area contributed by atoms with Crippen LogP contribution in [0.4, 0.5) is 13.2 Å². The molecule has 4 rings (SSSR count). The molecule has 0 saturated carbocycles. The molecule has 7 heteroatoms. The number of imidazole rings is 1. The summed E-state index contributed by atoms with van der Waals surface area (Å²) in [6.07, 6.45) is 3.92. The van der Waals surface area contributed by atoms with E-state index in [9.17, 15) is 18.0 Å². The van der Waals surface area contributed by atoms with Gasteiger partial charge in [0, 0.05) is 24.5 Å². The predicted molar refractivity (Wildman–Crippen MR) is 126 cm³/mol. The lowest BCUT2D eigenvalue weighted by Crippen LogP contribution is -2.32. The Morgan fingerprint density at radius 3 is 2.21 bits per heavy atom. The van der Waals surface area contributed by atoms with Crippen molar-refractivity contribution in [1.82, 2.24) is 14.9 Å². The first-order valence-corrected chi connectivity index (χ1v) is 10.7. The monoisotopic (exact) mass is 461 g/mol. The van der Waals surface area contributed by atoms with Crippen molar-refractivity contribution in [2.24, 2.45) is 0 Å². The van der Waals surface area contributed by atoms with Crippen molar-refractivity contribution in [3.63, 3.8) is 0 Å². The first kappa shape index (κ1) is 23.0. The van der Waals surface area contributed by atoms with Crippen molar-refractivity contribution >= 4 is 18.1 Å². The number of amides is 1. The summed E-state index contributed by atoms with van der Waals surface area (Å²) >= 11 is 0. The standard InChI is InChI=1S/C27H22F3N3O/c28-27(29,30)24-9-5-4-8-23(24)25(33-17-16-31-19-33)18-32-26(34)22-14-12-21(13-15-22)11-10-20-6-2-1-3-7-20/h1-17,19,25H,18H2,(H,32,34)/b11-10+. The number of aromatic nitrogens is 2. The minimum absolute atomic E-state index is 0.0298. The molecule has 0 aliphatic heterocycles. The van der Waals surface area contributed by atoms with E-state index in [0.29, 0.717) is 5.56 Å².